The normalized spacial score (nSPS) is 11.1. The Bertz CT molecular complexity index is 118. The molecule has 8 heavy (non-hydrogen) atoms. The van der Waals surface area contributed by atoms with E-state index in [1.54, 1.807) is 14.0 Å². The Morgan fingerprint density at radius 2 is 2.25 bits per heavy atom. The minimum Gasteiger partial charge on any atom is -0.363 e. The molecule has 0 aliphatic rings. The van der Waals surface area contributed by atoms with Crippen LogP contribution >= 0.6 is 11.6 Å². The Morgan fingerprint density at radius 1 is 1.75 bits per heavy atom. The van der Waals surface area contributed by atoms with Crippen molar-refractivity contribution in [2.75, 3.05) is 7.05 Å². The maximum absolute atomic E-state index is 5.44. The summed E-state index contributed by atoms with van der Waals surface area (Å²) in [5.41, 5.74) is 0.698. The first-order valence-electron chi connectivity index (χ1n) is 2.24. The Hall–Kier alpha value is -0.500. The van der Waals surface area contributed by atoms with Gasteiger partial charge in [-0.05, 0) is 18.5 Å². The second-order valence-corrected chi connectivity index (χ2v) is 1.75. The minimum atomic E-state index is 0.373. The van der Waals surface area contributed by atoms with Crippen LogP contribution in [0.3, 0.4) is 0 Å². The standard InChI is InChI=1S/C5H9ClN2/c1-4(2)8-5(6)7-3/h1H2,2-3H3,(H,7,8). The Labute approximate surface area is 54.3 Å². The van der Waals surface area contributed by atoms with Gasteiger partial charge in [0.2, 0.25) is 0 Å². The molecule has 0 aromatic heterocycles. The van der Waals surface area contributed by atoms with E-state index in [1.807, 2.05) is 0 Å². The Balaban J connectivity index is 3.75. The Kier molecular flexibility index (Phi) is 3.28. The van der Waals surface area contributed by atoms with Crippen molar-refractivity contribution in [1.29, 1.82) is 0 Å². The number of allylic oxidation sites excluding steroid dienone is 1. The summed E-state index contributed by atoms with van der Waals surface area (Å²) < 4.78 is 0. The van der Waals surface area contributed by atoms with E-state index in [-0.39, 0.29) is 0 Å². The van der Waals surface area contributed by atoms with Gasteiger partial charge in [-0.15, -0.1) is 0 Å². The van der Waals surface area contributed by atoms with Crippen molar-refractivity contribution in [2.24, 2.45) is 4.99 Å². The molecular weight excluding hydrogens is 124 g/mol. The first-order valence-corrected chi connectivity index (χ1v) is 2.62. The van der Waals surface area contributed by atoms with Crippen LogP contribution in [-0.4, -0.2) is 12.3 Å². The van der Waals surface area contributed by atoms with E-state index in [2.05, 4.69) is 16.9 Å². The summed E-state index contributed by atoms with van der Waals surface area (Å²) in [5, 5.41) is 3.02. The smallest absolute Gasteiger partial charge is 0.195 e. The molecular formula is C5H9ClN2. The quantitative estimate of drug-likeness (QED) is 0.325. The van der Waals surface area contributed by atoms with Gasteiger partial charge in [-0.2, -0.15) is 0 Å². The molecule has 3 heteroatoms. The molecule has 0 bridgehead atoms. The second-order valence-electron chi connectivity index (χ2n) is 1.39. The number of amidine groups is 1. The molecule has 0 rings (SSSR count). The predicted molar refractivity (Wildman–Crippen MR) is 37.2 cm³/mol. The average Bonchev–Trinajstić information content (AvgIpc) is 1.65. The number of halogens is 1. The van der Waals surface area contributed by atoms with E-state index in [1.165, 1.54) is 0 Å². The van der Waals surface area contributed by atoms with Crippen LogP contribution in [0.4, 0.5) is 0 Å². The number of rotatable bonds is 1. The molecule has 0 saturated heterocycles. The van der Waals surface area contributed by atoms with Crippen molar-refractivity contribution in [3.05, 3.63) is 12.3 Å². The highest BCUT2D eigenvalue weighted by atomic mass is 35.5. The van der Waals surface area contributed by atoms with Crippen LogP contribution < -0.4 is 5.32 Å². The SMILES string of the molecule is C=C(C)/N=C(/Cl)NC. The van der Waals surface area contributed by atoms with Crippen LogP contribution in [0.1, 0.15) is 6.92 Å². The van der Waals surface area contributed by atoms with Crippen LogP contribution in [0, 0.1) is 0 Å². The molecule has 46 valence electrons. The first kappa shape index (κ1) is 7.50. The van der Waals surface area contributed by atoms with E-state index in [4.69, 9.17) is 11.6 Å². The number of nitrogens with zero attached hydrogens (tertiary/aromatic N) is 1. The van der Waals surface area contributed by atoms with Crippen LogP contribution in [-0.2, 0) is 0 Å². The lowest BCUT2D eigenvalue weighted by molar-refractivity contribution is 1.17. The molecule has 0 aliphatic carbocycles. The van der Waals surface area contributed by atoms with Gasteiger partial charge >= 0.3 is 0 Å². The van der Waals surface area contributed by atoms with Gasteiger partial charge in [0, 0.05) is 12.7 Å². The molecule has 0 atom stereocenters. The summed E-state index contributed by atoms with van der Waals surface area (Å²) >= 11 is 5.44. The van der Waals surface area contributed by atoms with Gasteiger partial charge in [-0.3, -0.25) is 0 Å². The molecule has 0 saturated carbocycles. The van der Waals surface area contributed by atoms with Gasteiger partial charge in [0.15, 0.2) is 5.29 Å². The van der Waals surface area contributed by atoms with Crippen molar-refractivity contribution in [1.82, 2.24) is 5.32 Å². The topological polar surface area (TPSA) is 24.4 Å². The third-order valence-electron chi connectivity index (χ3n) is 0.495. The minimum absolute atomic E-state index is 0.373. The highest BCUT2D eigenvalue weighted by Crippen LogP contribution is 1.90. The van der Waals surface area contributed by atoms with Crippen LogP contribution in [0.5, 0.6) is 0 Å². The van der Waals surface area contributed by atoms with Crippen molar-refractivity contribution in [3.63, 3.8) is 0 Å². The van der Waals surface area contributed by atoms with Crippen LogP contribution in [0.2, 0.25) is 0 Å². The van der Waals surface area contributed by atoms with Crippen molar-refractivity contribution in [3.8, 4) is 0 Å². The van der Waals surface area contributed by atoms with E-state index < -0.39 is 0 Å². The highest BCUT2D eigenvalue weighted by molar-refractivity contribution is 6.64. The van der Waals surface area contributed by atoms with Crippen LogP contribution in [0.15, 0.2) is 17.3 Å². The van der Waals surface area contributed by atoms with Gasteiger partial charge in [0.25, 0.3) is 0 Å². The lowest BCUT2D eigenvalue weighted by Crippen LogP contribution is -2.10. The van der Waals surface area contributed by atoms with Crippen molar-refractivity contribution >= 4 is 16.9 Å². The van der Waals surface area contributed by atoms with Crippen LogP contribution in [0.25, 0.3) is 0 Å². The fourth-order valence-corrected chi connectivity index (χ4v) is 0.368. The van der Waals surface area contributed by atoms with Gasteiger partial charge < -0.3 is 5.32 Å². The summed E-state index contributed by atoms with van der Waals surface area (Å²) in [4.78, 5) is 3.77. The zero-order chi connectivity index (χ0) is 6.57. The molecule has 0 spiro atoms. The highest BCUT2D eigenvalue weighted by Gasteiger charge is 1.83. The lowest BCUT2D eigenvalue weighted by Gasteiger charge is -1.92. The van der Waals surface area contributed by atoms with Gasteiger partial charge in [0.05, 0.1) is 0 Å². The summed E-state index contributed by atoms with van der Waals surface area (Å²) in [6, 6.07) is 0. The second kappa shape index (κ2) is 3.50. The lowest BCUT2D eigenvalue weighted by atomic mass is 10.6. The van der Waals surface area contributed by atoms with E-state index in [0.717, 1.165) is 0 Å². The van der Waals surface area contributed by atoms with Gasteiger partial charge in [0.1, 0.15) is 0 Å². The van der Waals surface area contributed by atoms with Crippen molar-refractivity contribution in [2.45, 2.75) is 6.92 Å². The van der Waals surface area contributed by atoms with E-state index >= 15 is 0 Å². The maximum atomic E-state index is 5.44. The van der Waals surface area contributed by atoms with E-state index in [9.17, 15) is 0 Å². The molecule has 0 radical (unpaired) electrons. The predicted octanol–water partition coefficient (Wildman–Crippen LogP) is 1.33. The number of aliphatic imine (C=N–C) groups is 1. The molecule has 2 nitrogen and oxygen atoms in total. The molecule has 0 unspecified atom stereocenters. The molecule has 0 fully saturated rings. The first-order chi connectivity index (χ1) is 3.66. The number of hydrogen-bond acceptors (Lipinski definition) is 1. The monoisotopic (exact) mass is 132 g/mol. The number of hydrogen-bond donors (Lipinski definition) is 1. The van der Waals surface area contributed by atoms with Gasteiger partial charge in [-0.25, -0.2) is 4.99 Å². The van der Waals surface area contributed by atoms with E-state index in [0.29, 0.717) is 11.0 Å². The summed E-state index contributed by atoms with van der Waals surface area (Å²) in [6.45, 7) is 5.31. The fourth-order valence-electron chi connectivity index (χ4n) is 0.223. The Morgan fingerprint density at radius 3 is 2.38 bits per heavy atom. The number of nitrogens with one attached hydrogen (secondary N) is 1. The molecule has 0 aromatic carbocycles. The molecule has 0 aromatic rings. The largest absolute Gasteiger partial charge is 0.363 e. The third-order valence-corrected chi connectivity index (χ3v) is 0.769. The average molecular weight is 133 g/mol. The summed E-state index contributed by atoms with van der Waals surface area (Å²) in [7, 11) is 1.70. The molecule has 0 heterocycles. The molecule has 1 N–H and O–H groups in total. The van der Waals surface area contributed by atoms with Gasteiger partial charge in [-0.1, -0.05) is 6.58 Å². The summed E-state index contributed by atoms with van der Waals surface area (Å²) in [5.74, 6) is 0. The zero-order valence-corrected chi connectivity index (χ0v) is 5.79. The fraction of sp³-hybridized carbons (Fsp3) is 0.400. The molecule has 0 aliphatic heterocycles. The zero-order valence-electron chi connectivity index (χ0n) is 5.03. The molecule has 0 amide bonds. The maximum Gasteiger partial charge on any atom is 0.195 e. The third kappa shape index (κ3) is 3.68. The van der Waals surface area contributed by atoms with Crippen molar-refractivity contribution < 1.29 is 0 Å². The summed E-state index contributed by atoms with van der Waals surface area (Å²) in [6.07, 6.45) is 0.